The zero-order chi connectivity index (χ0) is 24.0. The van der Waals surface area contributed by atoms with E-state index in [-0.39, 0.29) is 16.4 Å². The molecular weight excluding hydrogens is 440 g/mol. The summed E-state index contributed by atoms with van der Waals surface area (Å²) in [7, 11) is -3.62. The molecule has 0 radical (unpaired) electrons. The van der Waals surface area contributed by atoms with E-state index in [1.807, 2.05) is 37.3 Å². The number of hydrogen-bond acceptors (Lipinski definition) is 5. The predicted molar refractivity (Wildman–Crippen MR) is 126 cm³/mol. The summed E-state index contributed by atoms with van der Waals surface area (Å²) in [5.41, 5.74) is 1.30. The molecular formula is C25H32N2O5S. The van der Waals surface area contributed by atoms with Crippen LogP contribution in [0.1, 0.15) is 49.0 Å². The topological polar surface area (TPSA) is 92.8 Å². The monoisotopic (exact) mass is 472 g/mol. The van der Waals surface area contributed by atoms with Gasteiger partial charge in [-0.1, -0.05) is 51.1 Å². The maximum absolute atomic E-state index is 13.0. The van der Waals surface area contributed by atoms with Gasteiger partial charge in [-0.2, -0.15) is 4.31 Å². The van der Waals surface area contributed by atoms with Crippen molar-refractivity contribution in [3.05, 3.63) is 65.7 Å². The molecule has 178 valence electrons. The summed E-state index contributed by atoms with van der Waals surface area (Å²) in [6.45, 7) is 7.13. The van der Waals surface area contributed by atoms with Crippen LogP contribution in [0.15, 0.2) is 59.5 Å². The quantitative estimate of drug-likeness (QED) is 0.594. The van der Waals surface area contributed by atoms with Gasteiger partial charge in [0.15, 0.2) is 6.61 Å². The number of amides is 1. The van der Waals surface area contributed by atoms with Crippen LogP contribution in [0.3, 0.4) is 0 Å². The zero-order valence-electron chi connectivity index (χ0n) is 19.4. The summed E-state index contributed by atoms with van der Waals surface area (Å²) < 4.78 is 32.5. The van der Waals surface area contributed by atoms with Crippen LogP contribution in [0.4, 0.5) is 0 Å². The molecule has 3 atom stereocenters. The van der Waals surface area contributed by atoms with Crippen molar-refractivity contribution in [2.75, 3.05) is 26.2 Å². The molecule has 1 aliphatic heterocycles. The zero-order valence-corrected chi connectivity index (χ0v) is 20.2. The second-order valence-electron chi connectivity index (χ2n) is 8.98. The molecule has 33 heavy (non-hydrogen) atoms. The number of benzene rings is 2. The van der Waals surface area contributed by atoms with Gasteiger partial charge in [0.1, 0.15) is 0 Å². The van der Waals surface area contributed by atoms with Gasteiger partial charge < -0.3 is 10.1 Å². The molecule has 3 unspecified atom stereocenters. The molecule has 3 rings (SSSR count). The van der Waals surface area contributed by atoms with Gasteiger partial charge in [-0.05, 0) is 54.0 Å². The average molecular weight is 473 g/mol. The van der Waals surface area contributed by atoms with Crippen molar-refractivity contribution in [2.24, 2.45) is 11.8 Å². The number of carbonyl (C=O) groups is 2. The summed E-state index contributed by atoms with van der Waals surface area (Å²) in [6, 6.07) is 15.5. The fourth-order valence-electron chi connectivity index (χ4n) is 4.15. The standard InChI is InChI=1S/C25H32N2O5S/c1-18-13-19(2)16-27(15-18)33(30,31)23-11-9-22(10-12-23)25(29)32-17-24(28)26-14-20(3)21-7-5-4-6-8-21/h4-12,18-20H,13-17H2,1-3H3,(H,26,28). The highest BCUT2D eigenvalue weighted by molar-refractivity contribution is 7.89. The van der Waals surface area contributed by atoms with Crippen LogP contribution in [0.5, 0.6) is 0 Å². The van der Waals surface area contributed by atoms with E-state index in [1.54, 1.807) is 0 Å². The molecule has 1 N–H and O–H groups in total. The van der Waals surface area contributed by atoms with E-state index in [0.29, 0.717) is 31.5 Å². The smallest absolute Gasteiger partial charge is 0.338 e. The van der Waals surface area contributed by atoms with Crippen molar-refractivity contribution >= 4 is 21.9 Å². The normalized spacial score (nSPS) is 20.1. The minimum atomic E-state index is -3.62. The Hall–Kier alpha value is -2.71. The van der Waals surface area contributed by atoms with Gasteiger partial charge in [0.2, 0.25) is 10.0 Å². The second-order valence-corrected chi connectivity index (χ2v) is 10.9. The van der Waals surface area contributed by atoms with E-state index in [1.165, 1.54) is 28.6 Å². The van der Waals surface area contributed by atoms with Gasteiger partial charge in [-0.25, -0.2) is 13.2 Å². The Labute approximate surface area is 196 Å². The Balaban J connectivity index is 1.51. The number of ether oxygens (including phenoxy) is 1. The summed E-state index contributed by atoms with van der Waals surface area (Å²) in [5.74, 6) is -0.325. The highest BCUT2D eigenvalue weighted by atomic mass is 32.2. The minimum absolute atomic E-state index is 0.131. The molecule has 1 amide bonds. The molecule has 0 bridgehead atoms. The Morgan fingerprint density at radius 2 is 1.64 bits per heavy atom. The fraction of sp³-hybridized carbons (Fsp3) is 0.440. The lowest BCUT2D eigenvalue weighted by molar-refractivity contribution is -0.124. The van der Waals surface area contributed by atoms with E-state index in [4.69, 9.17) is 4.74 Å². The largest absolute Gasteiger partial charge is 0.452 e. The van der Waals surface area contributed by atoms with Crippen molar-refractivity contribution in [2.45, 2.75) is 38.0 Å². The number of hydrogen-bond donors (Lipinski definition) is 1. The number of esters is 1. The van der Waals surface area contributed by atoms with Crippen molar-refractivity contribution in [3.63, 3.8) is 0 Å². The van der Waals surface area contributed by atoms with E-state index in [2.05, 4.69) is 19.2 Å². The third-order valence-corrected chi connectivity index (χ3v) is 7.72. The molecule has 1 heterocycles. The van der Waals surface area contributed by atoms with Crippen LogP contribution in [0.2, 0.25) is 0 Å². The van der Waals surface area contributed by atoms with Crippen molar-refractivity contribution in [1.29, 1.82) is 0 Å². The maximum Gasteiger partial charge on any atom is 0.338 e. The lowest BCUT2D eigenvalue weighted by Crippen LogP contribution is -2.42. The summed E-state index contributed by atoms with van der Waals surface area (Å²) in [6.07, 6.45) is 1.01. The Bertz CT molecular complexity index is 1040. The third kappa shape index (κ3) is 6.65. The summed E-state index contributed by atoms with van der Waals surface area (Å²) >= 11 is 0. The van der Waals surface area contributed by atoms with Crippen LogP contribution in [0.25, 0.3) is 0 Å². The lowest BCUT2D eigenvalue weighted by Gasteiger charge is -2.34. The number of carbonyl (C=O) groups excluding carboxylic acids is 2. The van der Waals surface area contributed by atoms with Crippen LogP contribution in [0, 0.1) is 11.8 Å². The molecule has 0 aromatic heterocycles. The van der Waals surface area contributed by atoms with Crippen LogP contribution in [-0.2, 0) is 19.6 Å². The highest BCUT2D eigenvalue weighted by Crippen LogP contribution is 2.26. The molecule has 1 aliphatic rings. The molecule has 7 nitrogen and oxygen atoms in total. The minimum Gasteiger partial charge on any atom is -0.452 e. The van der Waals surface area contributed by atoms with Gasteiger partial charge in [0, 0.05) is 19.6 Å². The van der Waals surface area contributed by atoms with E-state index in [9.17, 15) is 18.0 Å². The van der Waals surface area contributed by atoms with Crippen LogP contribution in [-0.4, -0.2) is 50.8 Å². The number of rotatable bonds is 8. The van der Waals surface area contributed by atoms with Gasteiger partial charge in [0.25, 0.3) is 5.91 Å². The first-order valence-corrected chi connectivity index (χ1v) is 12.7. The second kappa shape index (κ2) is 10.9. The molecule has 8 heteroatoms. The molecule has 0 aliphatic carbocycles. The highest BCUT2D eigenvalue weighted by Gasteiger charge is 2.31. The Morgan fingerprint density at radius 3 is 2.24 bits per heavy atom. The first kappa shape index (κ1) is 24.9. The van der Waals surface area contributed by atoms with Gasteiger partial charge in [-0.15, -0.1) is 0 Å². The van der Waals surface area contributed by atoms with Crippen molar-refractivity contribution in [1.82, 2.24) is 9.62 Å². The predicted octanol–water partition coefficient (Wildman–Crippen LogP) is 3.43. The molecule has 0 saturated carbocycles. The van der Waals surface area contributed by atoms with E-state index in [0.717, 1.165) is 12.0 Å². The number of sulfonamides is 1. The molecule has 1 saturated heterocycles. The van der Waals surface area contributed by atoms with E-state index >= 15 is 0 Å². The Kier molecular flexibility index (Phi) is 8.26. The Morgan fingerprint density at radius 1 is 1.03 bits per heavy atom. The molecule has 2 aromatic carbocycles. The number of piperidine rings is 1. The third-order valence-electron chi connectivity index (χ3n) is 5.87. The van der Waals surface area contributed by atoms with Crippen molar-refractivity contribution in [3.8, 4) is 0 Å². The van der Waals surface area contributed by atoms with Gasteiger partial charge in [0.05, 0.1) is 10.5 Å². The number of nitrogens with one attached hydrogen (secondary N) is 1. The lowest BCUT2D eigenvalue weighted by atomic mass is 9.94. The van der Waals surface area contributed by atoms with Crippen LogP contribution >= 0.6 is 0 Å². The SMILES string of the molecule is CC1CC(C)CN(S(=O)(=O)c2ccc(C(=O)OCC(=O)NCC(C)c3ccccc3)cc2)C1. The van der Waals surface area contributed by atoms with Crippen molar-refractivity contribution < 1.29 is 22.7 Å². The average Bonchev–Trinajstić information content (AvgIpc) is 2.81. The molecule has 1 fully saturated rings. The maximum atomic E-state index is 13.0. The molecule has 2 aromatic rings. The first-order chi connectivity index (χ1) is 15.7. The number of nitrogens with zero attached hydrogens (tertiary/aromatic N) is 1. The molecule has 0 spiro atoms. The van der Waals surface area contributed by atoms with Gasteiger partial charge >= 0.3 is 5.97 Å². The van der Waals surface area contributed by atoms with Crippen LogP contribution < -0.4 is 5.32 Å². The summed E-state index contributed by atoms with van der Waals surface area (Å²) in [4.78, 5) is 24.5. The summed E-state index contributed by atoms with van der Waals surface area (Å²) in [5, 5.41) is 2.76. The first-order valence-electron chi connectivity index (χ1n) is 11.3. The van der Waals surface area contributed by atoms with E-state index < -0.39 is 28.5 Å². The van der Waals surface area contributed by atoms with Gasteiger partial charge in [-0.3, -0.25) is 4.79 Å². The fourth-order valence-corrected chi connectivity index (χ4v) is 5.83.